The Morgan fingerprint density at radius 1 is 1.40 bits per heavy atom. The number of carbonyl (C=O) groups excluding carboxylic acids is 1. The van der Waals surface area contributed by atoms with Gasteiger partial charge in [0, 0.05) is 7.11 Å². The fraction of sp³-hybridized carbons (Fsp3) is 0.400. The minimum atomic E-state index is -0.166. The van der Waals surface area contributed by atoms with Gasteiger partial charge in [-0.3, -0.25) is 10.1 Å². The van der Waals surface area contributed by atoms with E-state index in [1.807, 2.05) is 25.1 Å². The van der Waals surface area contributed by atoms with Crippen LogP contribution >= 0.6 is 0 Å². The van der Waals surface area contributed by atoms with Crippen molar-refractivity contribution in [3.63, 3.8) is 0 Å². The Morgan fingerprint density at radius 3 is 2.90 bits per heavy atom. The maximum atomic E-state index is 11.7. The zero-order valence-electron chi connectivity index (χ0n) is 11.9. The van der Waals surface area contributed by atoms with Gasteiger partial charge in [-0.15, -0.1) is 6.42 Å². The van der Waals surface area contributed by atoms with Gasteiger partial charge in [0.1, 0.15) is 12.4 Å². The minimum Gasteiger partial charge on any atom is -0.489 e. The van der Waals surface area contributed by atoms with E-state index in [4.69, 9.17) is 15.9 Å². The van der Waals surface area contributed by atoms with Gasteiger partial charge in [-0.1, -0.05) is 12.0 Å². The standard InChI is InChI=1S/C15H20N2O3/c1-4-7-16-11-15(18)17-13-6-5-12(2)10-14(13)20-9-8-19-3/h1,5-6,10,16H,7-9,11H2,2-3H3,(H,17,18). The predicted octanol–water partition coefficient (Wildman–Crippen LogP) is 1.18. The number of hydrogen-bond donors (Lipinski definition) is 2. The molecule has 5 heteroatoms. The van der Waals surface area contributed by atoms with E-state index in [0.717, 1.165) is 5.56 Å². The molecule has 20 heavy (non-hydrogen) atoms. The number of terminal acetylenes is 1. The smallest absolute Gasteiger partial charge is 0.238 e. The van der Waals surface area contributed by atoms with Crippen LogP contribution in [0.2, 0.25) is 0 Å². The maximum Gasteiger partial charge on any atom is 0.238 e. The third-order valence-electron chi connectivity index (χ3n) is 2.47. The largest absolute Gasteiger partial charge is 0.489 e. The Balaban J connectivity index is 2.63. The molecule has 0 aliphatic rings. The van der Waals surface area contributed by atoms with Crippen LogP contribution in [0.5, 0.6) is 5.75 Å². The average Bonchev–Trinajstić information content (AvgIpc) is 2.42. The van der Waals surface area contributed by atoms with Crippen LogP contribution < -0.4 is 15.4 Å². The molecular formula is C15H20N2O3. The molecule has 0 fully saturated rings. The van der Waals surface area contributed by atoms with Crippen molar-refractivity contribution in [2.24, 2.45) is 0 Å². The molecule has 0 aliphatic heterocycles. The third kappa shape index (κ3) is 5.74. The SMILES string of the molecule is C#CCNCC(=O)Nc1ccc(C)cc1OCCOC. The number of amides is 1. The highest BCUT2D eigenvalue weighted by molar-refractivity contribution is 5.93. The summed E-state index contributed by atoms with van der Waals surface area (Å²) in [5, 5.41) is 5.62. The van der Waals surface area contributed by atoms with E-state index in [0.29, 0.717) is 31.2 Å². The lowest BCUT2D eigenvalue weighted by Crippen LogP contribution is -2.28. The molecule has 1 amide bonds. The monoisotopic (exact) mass is 276 g/mol. The minimum absolute atomic E-state index is 0.162. The highest BCUT2D eigenvalue weighted by Crippen LogP contribution is 2.25. The van der Waals surface area contributed by atoms with Crippen LogP contribution in [-0.4, -0.2) is 39.3 Å². The lowest BCUT2D eigenvalue weighted by Gasteiger charge is -2.13. The van der Waals surface area contributed by atoms with Gasteiger partial charge >= 0.3 is 0 Å². The van der Waals surface area contributed by atoms with E-state index in [9.17, 15) is 4.79 Å². The summed E-state index contributed by atoms with van der Waals surface area (Å²) in [6.07, 6.45) is 5.10. The zero-order chi connectivity index (χ0) is 14.8. The average molecular weight is 276 g/mol. The van der Waals surface area contributed by atoms with E-state index in [1.54, 1.807) is 7.11 Å². The first kappa shape index (κ1) is 16.0. The van der Waals surface area contributed by atoms with Crippen molar-refractivity contribution in [2.75, 3.05) is 38.7 Å². The van der Waals surface area contributed by atoms with Gasteiger partial charge in [0.25, 0.3) is 0 Å². The van der Waals surface area contributed by atoms with Crippen molar-refractivity contribution in [3.05, 3.63) is 23.8 Å². The van der Waals surface area contributed by atoms with Crippen LogP contribution in [0.15, 0.2) is 18.2 Å². The van der Waals surface area contributed by atoms with Crippen molar-refractivity contribution >= 4 is 11.6 Å². The van der Waals surface area contributed by atoms with Crippen LogP contribution in [0.4, 0.5) is 5.69 Å². The van der Waals surface area contributed by atoms with Gasteiger partial charge in [0.2, 0.25) is 5.91 Å². The summed E-state index contributed by atoms with van der Waals surface area (Å²) in [5.41, 5.74) is 1.69. The highest BCUT2D eigenvalue weighted by atomic mass is 16.5. The number of benzene rings is 1. The number of methoxy groups -OCH3 is 1. The molecule has 5 nitrogen and oxygen atoms in total. The lowest BCUT2D eigenvalue weighted by molar-refractivity contribution is -0.115. The van der Waals surface area contributed by atoms with Gasteiger partial charge in [-0.25, -0.2) is 0 Å². The predicted molar refractivity (Wildman–Crippen MR) is 78.9 cm³/mol. The normalized spacial score (nSPS) is 9.85. The molecule has 0 heterocycles. The lowest BCUT2D eigenvalue weighted by atomic mass is 10.2. The van der Waals surface area contributed by atoms with Crippen molar-refractivity contribution in [1.29, 1.82) is 0 Å². The van der Waals surface area contributed by atoms with E-state index in [-0.39, 0.29) is 12.5 Å². The molecule has 0 atom stereocenters. The molecule has 0 saturated heterocycles. The fourth-order valence-corrected chi connectivity index (χ4v) is 1.53. The number of hydrogen-bond acceptors (Lipinski definition) is 4. The Bertz CT molecular complexity index is 480. The molecule has 1 aromatic rings. The molecule has 0 saturated carbocycles. The van der Waals surface area contributed by atoms with Crippen LogP contribution in [-0.2, 0) is 9.53 Å². The zero-order valence-corrected chi connectivity index (χ0v) is 11.9. The number of ether oxygens (including phenoxy) is 2. The first-order chi connectivity index (χ1) is 9.67. The summed E-state index contributed by atoms with van der Waals surface area (Å²) in [7, 11) is 1.61. The second kappa shape index (κ2) is 8.97. The maximum absolute atomic E-state index is 11.7. The van der Waals surface area contributed by atoms with Crippen LogP contribution in [0.3, 0.4) is 0 Å². The fourth-order valence-electron chi connectivity index (χ4n) is 1.53. The number of rotatable bonds is 8. The summed E-state index contributed by atoms with van der Waals surface area (Å²) in [4.78, 5) is 11.7. The Hall–Kier alpha value is -2.03. The second-order valence-electron chi connectivity index (χ2n) is 4.20. The van der Waals surface area contributed by atoms with Gasteiger partial charge < -0.3 is 14.8 Å². The summed E-state index contributed by atoms with van der Waals surface area (Å²) in [6.45, 7) is 3.40. The van der Waals surface area contributed by atoms with Crippen LogP contribution in [0.1, 0.15) is 5.56 Å². The van der Waals surface area contributed by atoms with Crippen LogP contribution in [0, 0.1) is 19.3 Å². The van der Waals surface area contributed by atoms with Gasteiger partial charge in [0.05, 0.1) is 25.4 Å². The summed E-state index contributed by atoms with van der Waals surface area (Å²) in [5.74, 6) is 2.88. The first-order valence-electron chi connectivity index (χ1n) is 6.33. The molecule has 1 aromatic carbocycles. The topological polar surface area (TPSA) is 59.6 Å². The number of nitrogens with one attached hydrogen (secondary N) is 2. The van der Waals surface area contributed by atoms with Crippen molar-refractivity contribution in [2.45, 2.75) is 6.92 Å². The molecule has 0 aromatic heterocycles. The first-order valence-corrected chi connectivity index (χ1v) is 6.33. The van der Waals surface area contributed by atoms with Crippen molar-refractivity contribution in [3.8, 4) is 18.1 Å². The molecule has 0 radical (unpaired) electrons. The second-order valence-corrected chi connectivity index (χ2v) is 4.20. The Morgan fingerprint density at radius 2 is 2.20 bits per heavy atom. The summed E-state index contributed by atoms with van der Waals surface area (Å²) in [6, 6.07) is 5.60. The van der Waals surface area contributed by atoms with Gasteiger partial charge in [-0.05, 0) is 24.6 Å². The quantitative estimate of drug-likeness (QED) is 0.553. The Labute approximate surface area is 119 Å². The highest BCUT2D eigenvalue weighted by Gasteiger charge is 2.08. The van der Waals surface area contributed by atoms with Gasteiger partial charge in [0.15, 0.2) is 0 Å². The third-order valence-corrected chi connectivity index (χ3v) is 2.47. The van der Waals surface area contributed by atoms with E-state index in [1.165, 1.54) is 0 Å². The van der Waals surface area contributed by atoms with E-state index < -0.39 is 0 Å². The van der Waals surface area contributed by atoms with Crippen molar-refractivity contribution < 1.29 is 14.3 Å². The molecule has 1 rings (SSSR count). The summed E-state index contributed by atoms with van der Waals surface area (Å²) >= 11 is 0. The molecule has 0 bridgehead atoms. The van der Waals surface area contributed by atoms with Crippen molar-refractivity contribution in [1.82, 2.24) is 5.32 Å². The molecule has 0 unspecified atom stereocenters. The molecule has 0 spiro atoms. The molecule has 0 aliphatic carbocycles. The summed E-state index contributed by atoms with van der Waals surface area (Å²) < 4.78 is 10.5. The van der Waals surface area contributed by atoms with E-state index in [2.05, 4.69) is 16.6 Å². The van der Waals surface area contributed by atoms with E-state index >= 15 is 0 Å². The molecular weight excluding hydrogens is 256 g/mol. The van der Waals surface area contributed by atoms with Crippen LogP contribution in [0.25, 0.3) is 0 Å². The number of aryl methyl sites for hydroxylation is 1. The molecule has 108 valence electrons. The number of carbonyl (C=O) groups is 1. The Kier molecular flexibility index (Phi) is 7.18. The number of anilines is 1. The van der Waals surface area contributed by atoms with Gasteiger partial charge in [-0.2, -0.15) is 0 Å². The molecule has 2 N–H and O–H groups in total.